The molecule has 118 valence electrons. The molecule has 1 aliphatic heterocycles. The van der Waals surface area contributed by atoms with Crippen molar-refractivity contribution in [3.63, 3.8) is 0 Å². The molecule has 0 spiro atoms. The van der Waals surface area contributed by atoms with E-state index >= 15 is 0 Å². The van der Waals surface area contributed by atoms with Crippen LogP contribution >= 0.6 is 15.9 Å². The average molecular weight is 356 g/mol. The van der Waals surface area contributed by atoms with Crippen molar-refractivity contribution in [2.45, 2.75) is 13.5 Å². The lowest BCUT2D eigenvalue weighted by molar-refractivity contribution is 0.133. The van der Waals surface area contributed by atoms with Crippen LogP contribution in [0.1, 0.15) is 12.5 Å². The van der Waals surface area contributed by atoms with Gasteiger partial charge < -0.3 is 15.0 Å². The molecular formula is C16H26BrN3O. The number of hydrogen-bond donors (Lipinski definition) is 1. The molecule has 0 radical (unpaired) electrons. The maximum absolute atomic E-state index is 6.05. The summed E-state index contributed by atoms with van der Waals surface area (Å²) in [6.45, 7) is 10.3. The van der Waals surface area contributed by atoms with Crippen LogP contribution in [0.2, 0.25) is 0 Å². The number of nitrogens with one attached hydrogen (secondary N) is 1. The third-order valence-corrected chi connectivity index (χ3v) is 4.49. The van der Waals surface area contributed by atoms with Gasteiger partial charge in [0, 0.05) is 44.8 Å². The number of piperazine rings is 1. The maximum atomic E-state index is 6.05. The lowest BCUT2D eigenvalue weighted by Crippen LogP contribution is -2.45. The van der Waals surface area contributed by atoms with Crippen LogP contribution in [0.4, 0.5) is 0 Å². The Morgan fingerprint density at radius 1 is 1.24 bits per heavy atom. The second-order valence-corrected chi connectivity index (χ2v) is 6.36. The van der Waals surface area contributed by atoms with Crippen molar-refractivity contribution in [3.8, 4) is 5.75 Å². The summed E-state index contributed by atoms with van der Waals surface area (Å²) < 4.78 is 7.09. The first kappa shape index (κ1) is 16.7. The summed E-state index contributed by atoms with van der Waals surface area (Å²) in [7, 11) is 2.18. The van der Waals surface area contributed by atoms with Gasteiger partial charge in [0.2, 0.25) is 0 Å². The standard InChI is InChI=1S/C16H26BrN3O/c1-3-18-13-14-5-4-6-15(17)16(14)21-12-11-20-9-7-19(2)8-10-20/h4-6,18H,3,7-13H2,1-2H3. The molecule has 1 aromatic rings. The number of rotatable bonds is 7. The monoisotopic (exact) mass is 355 g/mol. The number of nitrogens with zero attached hydrogens (tertiary/aromatic N) is 2. The van der Waals surface area contributed by atoms with Gasteiger partial charge in [-0.3, -0.25) is 4.90 Å². The molecule has 1 heterocycles. The molecule has 0 amide bonds. The first-order valence-corrected chi connectivity index (χ1v) is 8.51. The van der Waals surface area contributed by atoms with Crippen LogP contribution < -0.4 is 10.1 Å². The fourth-order valence-corrected chi connectivity index (χ4v) is 2.98. The van der Waals surface area contributed by atoms with E-state index in [1.807, 2.05) is 6.07 Å². The molecule has 0 unspecified atom stereocenters. The Hall–Kier alpha value is -0.620. The van der Waals surface area contributed by atoms with E-state index < -0.39 is 0 Å². The van der Waals surface area contributed by atoms with Crippen LogP contribution in [-0.4, -0.2) is 62.7 Å². The summed E-state index contributed by atoms with van der Waals surface area (Å²) in [5.74, 6) is 0.979. The first-order valence-electron chi connectivity index (χ1n) is 7.72. The third-order valence-electron chi connectivity index (χ3n) is 3.86. The van der Waals surface area contributed by atoms with Gasteiger partial charge in [0.1, 0.15) is 12.4 Å². The molecule has 0 aliphatic carbocycles. The van der Waals surface area contributed by atoms with Gasteiger partial charge in [-0.15, -0.1) is 0 Å². The summed E-state index contributed by atoms with van der Waals surface area (Å²) in [5.41, 5.74) is 1.21. The highest BCUT2D eigenvalue weighted by molar-refractivity contribution is 9.10. The van der Waals surface area contributed by atoms with Gasteiger partial charge in [-0.1, -0.05) is 19.1 Å². The zero-order valence-corrected chi connectivity index (χ0v) is 14.7. The highest BCUT2D eigenvalue weighted by Gasteiger charge is 2.14. The molecule has 0 saturated carbocycles. The quantitative estimate of drug-likeness (QED) is 0.811. The van der Waals surface area contributed by atoms with Crippen molar-refractivity contribution < 1.29 is 4.74 Å². The zero-order valence-electron chi connectivity index (χ0n) is 13.1. The maximum Gasteiger partial charge on any atom is 0.138 e. The van der Waals surface area contributed by atoms with E-state index in [-0.39, 0.29) is 0 Å². The van der Waals surface area contributed by atoms with Gasteiger partial charge in [-0.25, -0.2) is 0 Å². The lowest BCUT2D eigenvalue weighted by atomic mass is 10.2. The summed E-state index contributed by atoms with van der Waals surface area (Å²) in [6.07, 6.45) is 0. The van der Waals surface area contributed by atoms with Crippen LogP contribution in [0.3, 0.4) is 0 Å². The fourth-order valence-electron chi connectivity index (χ4n) is 2.46. The van der Waals surface area contributed by atoms with E-state index in [0.717, 1.165) is 62.6 Å². The van der Waals surface area contributed by atoms with Gasteiger partial charge >= 0.3 is 0 Å². The number of halogens is 1. The van der Waals surface area contributed by atoms with E-state index in [1.54, 1.807) is 0 Å². The zero-order chi connectivity index (χ0) is 15.1. The highest BCUT2D eigenvalue weighted by Crippen LogP contribution is 2.29. The smallest absolute Gasteiger partial charge is 0.138 e. The minimum absolute atomic E-state index is 0.742. The predicted molar refractivity (Wildman–Crippen MR) is 91.0 cm³/mol. The molecule has 2 rings (SSSR count). The Morgan fingerprint density at radius 2 is 2.00 bits per heavy atom. The second kappa shape index (κ2) is 8.73. The Balaban J connectivity index is 1.84. The molecule has 1 N–H and O–H groups in total. The molecule has 4 nitrogen and oxygen atoms in total. The first-order chi connectivity index (χ1) is 10.2. The molecule has 0 aromatic heterocycles. The van der Waals surface area contributed by atoms with Crippen LogP contribution in [0.25, 0.3) is 0 Å². The highest BCUT2D eigenvalue weighted by atomic mass is 79.9. The minimum atomic E-state index is 0.742. The van der Waals surface area contributed by atoms with Crippen molar-refractivity contribution in [1.29, 1.82) is 0 Å². The van der Waals surface area contributed by atoms with Gasteiger partial charge in [0.15, 0.2) is 0 Å². The van der Waals surface area contributed by atoms with Gasteiger partial charge in [-0.05, 0) is 35.6 Å². The summed E-state index contributed by atoms with van der Waals surface area (Å²) in [5, 5.41) is 3.36. The molecule has 21 heavy (non-hydrogen) atoms. The molecule has 1 saturated heterocycles. The van der Waals surface area contributed by atoms with E-state index in [4.69, 9.17) is 4.74 Å². The number of hydrogen-bond acceptors (Lipinski definition) is 4. The number of para-hydroxylation sites is 1. The average Bonchev–Trinajstić information content (AvgIpc) is 2.49. The number of ether oxygens (including phenoxy) is 1. The summed E-state index contributed by atoms with van der Waals surface area (Å²) in [6, 6.07) is 6.23. The second-order valence-electron chi connectivity index (χ2n) is 5.50. The largest absolute Gasteiger partial charge is 0.491 e. The third kappa shape index (κ3) is 5.25. The fraction of sp³-hybridized carbons (Fsp3) is 0.625. The Morgan fingerprint density at radius 3 is 2.71 bits per heavy atom. The van der Waals surface area contributed by atoms with Crippen LogP contribution in [-0.2, 0) is 6.54 Å². The normalized spacial score (nSPS) is 17.1. The summed E-state index contributed by atoms with van der Waals surface area (Å²) >= 11 is 3.60. The van der Waals surface area contributed by atoms with Crippen molar-refractivity contribution >= 4 is 15.9 Å². The van der Waals surface area contributed by atoms with Gasteiger partial charge in [0.25, 0.3) is 0 Å². The molecular weight excluding hydrogens is 330 g/mol. The molecule has 1 aromatic carbocycles. The van der Waals surface area contributed by atoms with E-state index in [9.17, 15) is 0 Å². The molecule has 0 atom stereocenters. The Bertz CT molecular complexity index is 434. The number of benzene rings is 1. The molecule has 1 aliphatic rings. The van der Waals surface area contributed by atoms with Gasteiger partial charge in [-0.2, -0.15) is 0 Å². The van der Waals surface area contributed by atoms with Crippen molar-refractivity contribution in [2.24, 2.45) is 0 Å². The lowest BCUT2D eigenvalue weighted by Gasteiger charge is -2.32. The predicted octanol–water partition coefficient (Wildman–Crippen LogP) is 2.18. The SMILES string of the molecule is CCNCc1cccc(Br)c1OCCN1CCN(C)CC1. The number of likely N-dealkylation sites (N-methyl/N-ethyl adjacent to an activating group) is 1. The van der Waals surface area contributed by atoms with E-state index in [1.165, 1.54) is 5.56 Å². The van der Waals surface area contributed by atoms with Crippen LogP contribution in [0.5, 0.6) is 5.75 Å². The van der Waals surface area contributed by atoms with Crippen molar-refractivity contribution in [2.75, 3.05) is 52.9 Å². The van der Waals surface area contributed by atoms with Crippen molar-refractivity contribution in [1.82, 2.24) is 15.1 Å². The Kier molecular flexibility index (Phi) is 6.96. The van der Waals surface area contributed by atoms with E-state index in [2.05, 4.69) is 57.2 Å². The van der Waals surface area contributed by atoms with E-state index in [0.29, 0.717) is 0 Å². The minimum Gasteiger partial charge on any atom is -0.491 e. The summed E-state index contributed by atoms with van der Waals surface area (Å²) in [4.78, 5) is 4.85. The molecule has 1 fully saturated rings. The van der Waals surface area contributed by atoms with Crippen LogP contribution in [0.15, 0.2) is 22.7 Å². The van der Waals surface area contributed by atoms with Crippen LogP contribution in [0, 0.1) is 0 Å². The topological polar surface area (TPSA) is 27.7 Å². The molecule has 0 bridgehead atoms. The Labute approximate surface area is 136 Å². The van der Waals surface area contributed by atoms with Gasteiger partial charge in [0.05, 0.1) is 4.47 Å². The molecule has 5 heteroatoms. The van der Waals surface area contributed by atoms with Crippen molar-refractivity contribution in [3.05, 3.63) is 28.2 Å².